The van der Waals surface area contributed by atoms with E-state index in [0.717, 1.165) is 23.6 Å². The van der Waals surface area contributed by atoms with Gasteiger partial charge in [-0.05, 0) is 37.7 Å². The summed E-state index contributed by atoms with van der Waals surface area (Å²) < 4.78 is 13.3. The SMILES string of the molecule is CNCc1cc(F)ccc1N1CCSCC1C. The lowest BCUT2D eigenvalue weighted by Gasteiger charge is -2.36. The van der Waals surface area contributed by atoms with Gasteiger partial charge in [-0.15, -0.1) is 0 Å². The maximum absolute atomic E-state index is 13.3. The van der Waals surface area contributed by atoms with Crippen molar-refractivity contribution in [2.24, 2.45) is 0 Å². The van der Waals surface area contributed by atoms with E-state index in [1.54, 1.807) is 12.1 Å². The number of hydrogen-bond acceptors (Lipinski definition) is 3. The van der Waals surface area contributed by atoms with Gasteiger partial charge in [0.2, 0.25) is 0 Å². The van der Waals surface area contributed by atoms with E-state index in [1.807, 2.05) is 24.9 Å². The van der Waals surface area contributed by atoms with Gasteiger partial charge < -0.3 is 10.2 Å². The number of rotatable bonds is 3. The summed E-state index contributed by atoms with van der Waals surface area (Å²) in [6.07, 6.45) is 0. The molecule has 0 aromatic heterocycles. The molecule has 0 radical (unpaired) electrons. The number of benzene rings is 1. The van der Waals surface area contributed by atoms with Crippen LogP contribution in [0.1, 0.15) is 12.5 Å². The summed E-state index contributed by atoms with van der Waals surface area (Å²) in [5.74, 6) is 2.15. The number of nitrogens with one attached hydrogen (secondary N) is 1. The summed E-state index contributed by atoms with van der Waals surface area (Å²) in [6.45, 7) is 4.00. The average molecular weight is 254 g/mol. The van der Waals surface area contributed by atoms with Crippen molar-refractivity contribution in [1.82, 2.24) is 5.32 Å². The smallest absolute Gasteiger partial charge is 0.123 e. The summed E-state index contributed by atoms with van der Waals surface area (Å²) >= 11 is 1.99. The highest BCUT2D eigenvalue weighted by Crippen LogP contribution is 2.27. The van der Waals surface area contributed by atoms with E-state index < -0.39 is 0 Å². The molecule has 1 aliphatic heterocycles. The predicted molar refractivity (Wildman–Crippen MR) is 73.3 cm³/mol. The number of nitrogens with zero attached hydrogens (tertiary/aromatic N) is 1. The van der Waals surface area contributed by atoms with Crippen LogP contribution in [-0.2, 0) is 6.54 Å². The van der Waals surface area contributed by atoms with Gasteiger partial charge in [0.05, 0.1) is 0 Å². The Hall–Kier alpha value is -0.740. The van der Waals surface area contributed by atoms with Crippen molar-refractivity contribution >= 4 is 17.4 Å². The quantitative estimate of drug-likeness (QED) is 0.892. The van der Waals surface area contributed by atoms with E-state index in [2.05, 4.69) is 17.1 Å². The first kappa shape index (κ1) is 12.7. The maximum atomic E-state index is 13.3. The second-order valence-electron chi connectivity index (χ2n) is 4.42. The monoisotopic (exact) mass is 254 g/mol. The van der Waals surface area contributed by atoms with Crippen molar-refractivity contribution in [1.29, 1.82) is 0 Å². The Morgan fingerprint density at radius 2 is 2.35 bits per heavy atom. The molecule has 1 N–H and O–H groups in total. The van der Waals surface area contributed by atoms with Crippen LogP contribution in [0.15, 0.2) is 18.2 Å². The molecular weight excluding hydrogens is 235 g/mol. The summed E-state index contributed by atoms with van der Waals surface area (Å²) in [5.41, 5.74) is 2.22. The number of anilines is 1. The predicted octanol–water partition coefficient (Wildman–Crippen LogP) is 2.49. The number of halogens is 1. The van der Waals surface area contributed by atoms with Crippen LogP contribution in [-0.4, -0.2) is 31.1 Å². The van der Waals surface area contributed by atoms with Crippen molar-refractivity contribution in [3.63, 3.8) is 0 Å². The normalized spacial score (nSPS) is 20.6. The van der Waals surface area contributed by atoms with Crippen LogP contribution < -0.4 is 10.2 Å². The van der Waals surface area contributed by atoms with Gasteiger partial charge >= 0.3 is 0 Å². The Bertz CT molecular complexity index is 384. The molecule has 1 aromatic carbocycles. The van der Waals surface area contributed by atoms with Crippen LogP contribution >= 0.6 is 11.8 Å². The molecule has 17 heavy (non-hydrogen) atoms. The Morgan fingerprint density at radius 3 is 3.06 bits per heavy atom. The minimum atomic E-state index is -0.155. The van der Waals surface area contributed by atoms with Crippen molar-refractivity contribution < 1.29 is 4.39 Å². The third-order valence-corrected chi connectivity index (χ3v) is 4.28. The number of thioether (sulfide) groups is 1. The van der Waals surface area contributed by atoms with Crippen LogP contribution in [0.25, 0.3) is 0 Å². The van der Waals surface area contributed by atoms with E-state index in [4.69, 9.17) is 0 Å². The second-order valence-corrected chi connectivity index (χ2v) is 5.57. The third-order valence-electron chi connectivity index (χ3n) is 3.09. The number of hydrogen-bond donors (Lipinski definition) is 1. The fraction of sp³-hybridized carbons (Fsp3) is 0.538. The summed E-state index contributed by atoms with van der Waals surface area (Å²) in [4.78, 5) is 2.39. The van der Waals surface area contributed by atoms with Gasteiger partial charge in [-0.3, -0.25) is 0 Å². The third kappa shape index (κ3) is 2.93. The molecule has 2 nitrogen and oxygen atoms in total. The van der Waals surface area contributed by atoms with Crippen molar-refractivity contribution in [3.8, 4) is 0 Å². The summed E-state index contributed by atoms with van der Waals surface area (Å²) in [6, 6.07) is 5.63. The standard InChI is InChI=1S/C13H19FN2S/c1-10-9-17-6-5-16(10)13-4-3-12(14)7-11(13)8-15-2/h3-4,7,10,15H,5-6,8-9H2,1-2H3. The lowest BCUT2D eigenvalue weighted by Crippen LogP contribution is -2.41. The molecule has 0 spiro atoms. The first-order valence-electron chi connectivity index (χ1n) is 6.00. The lowest BCUT2D eigenvalue weighted by molar-refractivity contribution is 0.621. The van der Waals surface area contributed by atoms with Crippen LogP contribution in [0, 0.1) is 5.82 Å². The topological polar surface area (TPSA) is 15.3 Å². The van der Waals surface area contributed by atoms with Gasteiger partial charge in [-0.1, -0.05) is 0 Å². The molecule has 1 aliphatic rings. The van der Waals surface area contributed by atoms with Crippen molar-refractivity contribution in [2.75, 3.05) is 30.0 Å². The summed E-state index contributed by atoms with van der Waals surface area (Å²) in [5, 5.41) is 3.11. The van der Waals surface area contributed by atoms with E-state index in [0.29, 0.717) is 12.6 Å². The van der Waals surface area contributed by atoms with Gasteiger partial charge in [0.15, 0.2) is 0 Å². The molecule has 1 aromatic rings. The van der Waals surface area contributed by atoms with E-state index in [1.165, 1.54) is 5.69 Å². The molecule has 1 unspecified atom stereocenters. The average Bonchev–Trinajstić information content (AvgIpc) is 2.31. The van der Waals surface area contributed by atoms with E-state index in [-0.39, 0.29) is 5.82 Å². The van der Waals surface area contributed by atoms with Gasteiger partial charge in [0.1, 0.15) is 5.82 Å². The minimum Gasteiger partial charge on any atom is -0.367 e. The van der Waals surface area contributed by atoms with Crippen LogP contribution in [0.5, 0.6) is 0 Å². The molecule has 1 atom stereocenters. The zero-order valence-electron chi connectivity index (χ0n) is 10.4. The molecule has 4 heteroatoms. The fourth-order valence-electron chi connectivity index (χ4n) is 2.25. The van der Waals surface area contributed by atoms with Crippen LogP contribution in [0.4, 0.5) is 10.1 Å². The Kier molecular flexibility index (Phi) is 4.29. The lowest BCUT2D eigenvalue weighted by atomic mass is 10.1. The van der Waals surface area contributed by atoms with Gasteiger partial charge in [0.25, 0.3) is 0 Å². The first-order chi connectivity index (χ1) is 8.22. The molecular formula is C13H19FN2S. The highest BCUT2D eigenvalue weighted by atomic mass is 32.2. The van der Waals surface area contributed by atoms with Crippen molar-refractivity contribution in [2.45, 2.75) is 19.5 Å². The van der Waals surface area contributed by atoms with E-state index >= 15 is 0 Å². The zero-order chi connectivity index (χ0) is 12.3. The molecule has 1 saturated heterocycles. The molecule has 0 amide bonds. The highest BCUT2D eigenvalue weighted by molar-refractivity contribution is 7.99. The Morgan fingerprint density at radius 1 is 1.53 bits per heavy atom. The summed E-state index contributed by atoms with van der Waals surface area (Å²) in [7, 11) is 1.89. The Balaban J connectivity index is 2.29. The molecule has 1 heterocycles. The molecule has 2 rings (SSSR count). The molecule has 0 bridgehead atoms. The van der Waals surface area contributed by atoms with Gasteiger partial charge in [-0.25, -0.2) is 4.39 Å². The fourth-order valence-corrected chi connectivity index (χ4v) is 3.26. The maximum Gasteiger partial charge on any atom is 0.123 e. The first-order valence-corrected chi connectivity index (χ1v) is 7.15. The van der Waals surface area contributed by atoms with Gasteiger partial charge in [-0.2, -0.15) is 11.8 Å². The van der Waals surface area contributed by atoms with Gasteiger partial charge in [0, 0.05) is 36.3 Å². The van der Waals surface area contributed by atoms with Crippen LogP contribution in [0.2, 0.25) is 0 Å². The minimum absolute atomic E-state index is 0.155. The van der Waals surface area contributed by atoms with Crippen molar-refractivity contribution in [3.05, 3.63) is 29.6 Å². The zero-order valence-corrected chi connectivity index (χ0v) is 11.2. The van der Waals surface area contributed by atoms with E-state index in [9.17, 15) is 4.39 Å². The molecule has 0 aliphatic carbocycles. The molecule has 0 saturated carbocycles. The largest absolute Gasteiger partial charge is 0.367 e. The molecule has 1 fully saturated rings. The van der Waals surface area contributed by atoms with Crippen LogP contribution in [0.3, 0.4) is 0 Å². The second kappa shape index (κ2) is 5.74. The highest BCUT2D eigenvalue weighted by Gasteiger charge is 2.21. The Labute approximate surface area is 107 Å². The molecule has 94 valence electrons.